The molecule has 0 radical (unpaired) electrons. The van der Waals surface area contributed by atoms with E-state index >= 15 is 0 Å². The minimum Gasteiger partial charge on any atom is -0.320 e. The molecule has 1 unspecified atom stereocenters. The number of aryl methyl sites for hydroxylation is 2. The van der Waals surface area contributed by atoms with Crippen molar-refractivity contribution in [2.45, 2.75) is 19.9 Å². The van der Waals surface area contributed by atoms with Crippen LogP contribution in [0.1, 0.15) is 27.9 Å². The van der Waals surface area contributed by atoms with E-state index in [9.17, 15) is 0 Å². The molecule has 2 heterocycles. The van der Waals surface area contributed by atoms with Crippen LogP contribution in [0, 0.1) is 13.8 Å². The summed E-state index contributed by atoms with van der Waals surface area (Å²) in [6.45, 7) is 3.99. The third-order valence-corrected chi connectivity index (χ3v) is 4.34. The standard InChI is InChI=1S/C12H13BrN2S/c1-7-5-9(6-8(2)15-7)11(14)12-10(13)3-4-16-12/h3-6,11H,14H2,1-2H3. The Hall–Kier alpha value is -0.710. The van der Waals surface area contributed by atoms with Gasteiger partial charge in [0.05, 0.1) is 6.04 Å². The van der Waals surface area contributed by atoms with Gasteiger partial charge in [0.1, 0.15) is 0 Å². The molecule has 0 aromatic carbocycles. The van der Waals surface area contributed by atoms with Gasteiger partial charge < -0.3 is 5.73 Å². The van der Waals surface area contributed by atoms with Crippen LogP contribution >= 0.6 is 27.3 Å². The van der Waals surface area contributed by atoms with Gasteiger partial charge in [0, 0.05) is 20.7 Å². The summed E-state index contributed by atoms with van der Waals surface area (Å²) in [6.07, 6.45) is 0. The van der Waals surface area contributed by atoms with Gasteiger partial charge in [0.15, 0.2) is 0 Å². The molecule has 0 aliphatic carbocycles. The van der Waals surface area contributed by atoms with Crippen LogP contribution in [0.5, 0.6) is 0 Å². The van der Waals surface area contributed by atoms with Crippen LogP contribution in [0.3, 0.4) is 0 Å². The Balaban J connectivity index is 2.41. The molecular weight excluding hydrogens is 284 g/mol. The summed E-state index contributed by atoms with van der Waals surface area (Å²) < 4.78 is 1.08. The van der Waals surface area contributed by atoms with E-state index in [1.807, 2.05) is 37.4 Å². The Morgan fingerprint density at radius 1 is 1.31 bits per heavy atom. The Morgan fingerprint density at radius 3 is 2.44 bits per heavy atom. The lowest BCUT2D eigenvalue weighted by molar-refractivity contribution is 0.875. The van der Waals surface area contributed by atoms with Crippen LogP contribution in [0.15, 0.2) is 28.1 Å². The molecule has 0 saturated heterocycles. The SMILES string of the molecule is Cc1cc(C(N)c2sccc2Br)cc(C)n1. The number of pyridine rings is 1. The summed E-state index contributed by atoms with van der Waals surface area (Å²) >= 11 is 5.19. The molecular formula is C12H13BrN2S. The predicted octanol–water partition coefficient (Wildman–Crippen LogP) is 3.57. The minimum absolute atomic E-state index is 0.0743. The third-order valence-electron chi connectivity index (χ3n) is 2.39. The monoisotopic (exact) mass is 296 g/mol. The first-order chi connectivity index (χ1) is 7.58. The van der Waals surface area contributed by atoms with E-state index in [4.69, 9.17) is 5.73 Å². The largest absolute Gasteiger partial charge is 0.320 e. The van der Waals surface area contributed by atoms with Crippen molar-refractivity contribution in [3.05, 3.63) is 49.9 Å². The van der Waals surface area contributed by atoms with Crippen molar-refractivity contribution in [3.8, 4) is 0 Å². The van der Waals surface area contributed by atoms with Crippen LogP contribution in [0.2, 0.25) is 0 Å². The number of halogens is 1. The molecule has 0 bridgehead atoms. The van der Waals surface area contributed by atoms with E-state index in [2.05, 4.69) is 20.9 Å². The van der Waals surface area contributed by atoms with Crippen molar-refractivity contribution >= 4 is 27.3 Å². The van der Waals surface area contributed by atoms with Crippen LogP contribution in [-0.4, -0.2) is 4.98 Å². The molecule has 2 aromatic rings. The Bertz CT molecular complexity index is 487. The summed E-state index contributed by atoms with van der Waals surface area (Å²) in [5.74, 6) is 0. The van der Waals surface area contributed by atoms with Crippen molar-refractivity contribution in [2.24, 2.45) is 5.73 Å². The summed E-state index contributed by atoms with van der Waals surface area (Å²) in [5.41, 5.74) is 9.39. The lowest BCUT2D eigenvalue weighted by Crippen LogP contribution is -2.11. The van der Waals surface area contributed by atoms with Gasteiger partial charge in [-0.05, 0) is 58.9 Å². The van der Waals surface area contributed by atoms with Crippen molar-refractivity contribution < 1.29 is 0 Å². The van der Waals surface area contributed by atoms with Gasteiger partial charge in [-0.1, -0.05) is 0 Å². The van der Waals surface area contributed by atoms with Crippen LogP contribution in [0.25, 0.3) is 0 Å². The van der Waals surface area contributed by atoms with Gasteiger partial charge in [-0.25, -0.2) is 0 Å². The number of nitrogens with two attached hydrogens (primary N) is 1. The topological polar surface area (TPSA) is 38.9 Å². The minimum atomic E-state index is -0.0743. The van der Waals surface area contributed by atoms with E-state index in [0.29, 0.717) is 0 Å². The smallest absolute Gasteiger partial charge is 0.0658 e. The Morgan fingerprint density at radius 2 is 1.94 bits per heavy atom. The van der Waals surface area contributed by atoms with Crippen LogP contribution < -0.4 is 5.73 Å². The first-order valence-electron chi connectivity index (χ1n) is 5.01. The molecule has 2 N–H and O–H groups in total. The van der Waals surface area contributed by atoms with Gasteiger partial charge in [-0.3, -0.25) is 4.98 Å². The third kappa shape index (κ3) is 2.34. The van der Waals surface area contributed by atoms with Crippen LogP contribution in [-0.2, 0) is 0 Å². The van der Waals surface area contributed by atoms with Gasteiger partial charge in [0.25, 0.3) is 0 Å². The highest BCUT2D eigenvalue weighted by atomic mass is 79.9. The lowest BCUT2D eigenvalue weighted by atomic mass is 10.1. The molecule has 0 aliphatic heterocycles. The fourth-order valence-electron chi connectivity index (χ4n) is 1.73. The average molecular weight is 297 g/mol. The molecule has 16 heavy (non-hydrogen) atoms. The zero-order chi connectivity index (χ0) is 11.7. The lowest BCUT2D eigenvalue weighted by Gasteiger charge is -2.12. The van der Waals surface area contributed by atoms with Crippen molar-refractivity contribution in [3.63, 3.8) is 0 Å². The molecule has 0 spiro atoms. The van der Waals surface area contributed by atoms with Crippen LogP contribution in [0.4, 0.5) is 0 Å². The number of aromatic nitrogens is 1. The number of thiophene rings is 1. The van der Waals surface area contributed by atoms with E-state index < -0.39 is 0 Å². The number of hydrogen-bond donors (Lipinski definition) is 1. The second kappa shape index (κ2) is 4.65. The molecule has 0 saturated carbocycles. The maximum Gasteiger partial charge on any atom is 0.0658 e. The predicted molar refractivity (Wildman–Crippen MR) is 71.8 cm³/mol. The average Bonchev–Trinajstić information content (AvgIpc) is 2.62. The molecule has 0 aliphatic rings. The Labute approximate surface area is 108 Å². The van der Waals surface area contributed by atoms with Crippen molar-refractivity contribution in [1.29, 1.82) is 0 Å². The molecule has 2 rings (SSSR count). The normalized spacial score (nSPS) is 12.8. The number of nitrogens with zero attached hydrogens (tertiary/aromatic N) is 1. The molecule has 0 fully saturated rings. The maximum absolute atomic E-state index is 6.25. The van der Waals surface area contributed by atoms with E-state index in [1.54, 1.807) is 11.3 Å². The first kappa shape index (κ1) is 11.8. The fourth-order valence-corrected chi connectivity index (χ4v) is 3.37. The van der Waals surface area contributed by atoms with E-state index in [-0.39, 0.29) is 6.04 Å². The Kier molecular flexibility index (Phi) is 3.42. The molecule has 2 aromatic heterocycles. The molecule has 4 heteroatoms. The summed E-state index contributed by atoms with van der Waals surface area (Å²) in [7, 11) is 0. The van der Waals surface area contributed by atoms with Crippen molar-refractivity contribution in [1.82, 2.24) is 4.98 Å². The molecule has 2 nitrogen and oxygen atoms in total. The highest BCUT2D eigenvalue weighted by Gasteiger charge is 2.14. The second-order valence-corrected chi connectivity index (χ2v) is 5.60. The first-order valence-corrected chi connectivity index (χ1v) is 6.69. The molecule has 84 valence electrons. The summed E-state index contributed by atoms with van der Waals surface area (Å²) in [4.78, 5) is 5.51. The van der Waals surface area contributed by atoms with Gasteiger partial charge in [-0.2, -0.15) is 0 Å². The summed E-state index contributed by atoms with van der Waals surface area (Å²) in [6, 6.07) is 6.05. The van der Waals surface area contributed by atoms with E-state index in [1.165, 1.54) is 0 Å². The molecule has 1 atom stereocenters. The quantitative estimate of drug-likeness (QED) is 0.920. The van der Waals surface area contributed by atoms with Gasteiger partial charge in [-0.15, -0.1) is 11.3 Å². The highest BCUT2D eigenvalue weighted by Crippen LogP contribution is 2.31. The number of hydrogen-bond acceptors (Lipinski definition) is 3. The summed E-state index contributed by atoms with van der Waals surface area (Å²) in [5, 5.41) is 2.04. The van der Waals surface area contributed by atoms with Gasteiger partial charge >= 0.3 is 0 Å². The zero-order valence-corrected chi connectivity index (χ0v) is 11.6. The highest BCUT2D eigenvalue weighted by molar-refractivity contribution is 9.10. The van der Waals surface area contributed by atoms with Crippen molar-refractivity contribution in [2.75, 3.05) is 0 Å². The molecule has 0 amide bonds. The van der Waals surface area contributed by atoms with E-state index in [0.717, 1.165) is 26.3 Å². The van der Waals surface area contributed by atoms with Gasteiger partial charge in [0.2, 0.25) is 0 Å². The second-order valence-electron chi connectivity index (χ2n) is 3.79. The number of rotatable bonds is 2. The zero-order valence-electron chi connectivity index (χ0n) is 9.20. The fraction of sp³-hybridized carbons (Fsp3) is 0.250. The maximum atomic E-state index is 6.25.